The summed E-state index contributed by atoms with van der Waals surface area (Å²) in [6.07, 6.45) is 6.00. The highest BCUT2D eigenvalue weighted by Crippen LogP contribution is 2.32. The van der Waals surface area contributed by atoms with E-state index in [1.165, 1.54) is 0 Å². The summed E-state index contributed by atoms with van der Waals surface area (Å²) in [5.41, 5.74) is 1.74. The Kier molecular flexibility index (Phi) is 4.56. The van der Waals surface area contributed by atoms with Crippen molar-refractivity contribution in [3.63, 3.8) is 0 Å². The van der Waals surface area contributed by atoms with Crippen LogP contribution in [0.25, 0.3) is 0 Å². The second kappa shape index (κ2) is 6.70. The van der Waals surface area contributed by atoms with Gasteiger partial charge in [-0.15, -0.1) is 0 Å². The first-order valence-corrected chi connectivity index (χ1v) is 10.6. The molecule has 1 aromatic carbocycles. The van der Waals surface area contributed by atoms with Crippen molar-refractivity contribution < 1.29 is 17.9 Å². The van der Waals surface area contributed by atoms with Crippen LogP contribution in [0.3, 0.4) is 0 Å². The predicted molar refractivity (Wildman–Crippen MR) is 94.1 cm³/mol. The number of carbonyl (C=O) groups excluding carboxylic acids is 1. The number of nitrogens with one attached hydrogen (secondary N) is 1. The molecule has 1 aliphatic carbocycles. The molecular weight excluding hydrogens is 340 g/mol. The number of nitrogens with zero attached hydrogens (tertiary/aromatic N) is 1. The zero-order valence-corrected chi connectivity index (χ0v) is 15.1. The lowest BCUT2D eigenvalue weighted by Gasteiger charge is -2.21. The van der Waals surface area contributed by atoms with Gasteiger partial charge in [0.05, 0.1) is 4.90 Å². The predicted octanol–water partition coefficient (Wildman–Crippen LogP) is 1.98. The third kappa shape index (κ3) is 3.32. The van der Waals surface area contributed by atoms with Crippen LogP contribution in [0, 0.1) is 0 Å². The summed E-state index contributed by atoms with van der Waals surface area (Å²) >= 11 is 0. The second-order valence-corrected chi connectivity index (χ2v) is 8.85. The molecule has 1 saturated carbocycles. The fourth-order valence-electron chi connectivity index (χ4n) is 4.05. The molecule has 1 atom stereocenters. The first-order valence-electron chi connectivity index (χ1n) is 9.13. The molecule has 4 rings (SSSR count). The smallest absolute Gasteiger partial charge is 0.256 e. The molecule has 6 nitrogen and oxygen atoms in total. The molecule has 2 heterocycles. The quantitative estimate of drug-likeness (QED) is 0.886. The fraction of sp³-hybridized carbons (Fsp3) is 0.611. The van der Waals surface area contributed by atoms with E-state index in [9.17, 15) is 13.2 Å². The lowest BCUT2D eigenvalue weighted by atomic mass is 10.1. The number of rotatable bonds is 4. The van der Waals surface area contributed by atoms with Gasteiger partial charge in [-0.3, -0.25) is 4.79 Å². The van der Waals surface area contributed by atoms with Gasteiger partial charge in [0.15, 0.2) is 0 Å². The van der Waals surface area contributed by atoms with E-state index in [0.29, 0.717) is 24.5 Å². The van der Waals surface area contributed by atoms with Crippen molar-refractivity contribution in [3.8, 4) is 0 Å². The number of anilines is 1. The van der Waals surface area contributed by atoms with Gasteiger partial charge in [-0.2, -0.15) is 0 Å². The van der Waals surface area contributed by atoms with Crippen LogP contribution in [0.4, 0.5) is 5.69 Å². The Morgan fingerprint density at radius 3 is 2.68 bits per heavy atom. The third-order valence-corrected chi connectivity index (χ3v) is 6.92. The SMILES string of the molecule is O=C([C@@H]1CCCO1)N1CCc2cc(S(=O)(=O)NC3CCCC3)ccc21. The Balaban J connectivity index is 1.53. The number of hydrogen-bond acceptors (Lipinski definition) is 4. The Bertz CT molecular complexity index is 765. The summed E-state index contributed by atoms with van der Waals surface area (Å²) in [6, 6.07) is 5.14. The largest absolute Gasteiger partial charge is 0.368 e. The summed E-state index contributed by atoms with van der Waals surface area (Å²) in [6.45, 7) is 1.23. The average Bonchev–Trinajstić information content (AvgIpc) is 3.34. The van der Waals surface area contributed by atoms with Crippen molar-refractivity contribution in [2.24, 2.45) is 0 Å². The van der Waals surface area contributed by atoms with Crippen LogP contribution < -0.4 is 9.62 Å². The molecule has 1 saturated heterocycles. The van der Waals surface area contributed by atoms with E-state index in [-0.39, 0.29) is 18.1 Å². The summed E-state index contributed by atoms with van der Waals surface area (Å²) in [7, 11) is -3.50. The third-order valence-electron chi connectivity index (χ3n) is 5.40. The molecule has 1 amide bonds. The minimum atomic E-state index is -3.50. The normalized spacial score (nSPS) is 24.0. The van der Waals surface area contributed by atoms with Gasteiger partial charge in [-0.05, 0) is 55.9 Å². The molecule has 0 bridgehead atoms. The molecular formula is C18H24N2O4S. The lowest BCUT2D eigenvalue weighted by molar-refractivity contribution is -0.127. The van der Waals surface area contributed by atoms with Gasteiger partial charge in [0.25, 0.3) is 5.91 Å². The molecule has 0 aromatic heterocycles. The average molecular weight is 364 g/mol. The number of carbonyl (C=O) groups is 1. The Morgan fingerprint density at radius 1 is 1.16 bits per heavy atom. The maximum absolute atomic E-state index is 12.6. The zero-order chi connectivity index (χ0) is 17.4. The summed E-state index contributed by atoms with van der Waals surface area (Å²) in [5, 5.41) is 0. The molecule has 7 heteroatoms. The van der Waals surface area contributed by atoms with Crippen molar-refractivity contribution in [2.75, 3.05) is 18.1 Å². The van der Waals surface area contributed by atoms with Crippen LogP contribution >= 0.6 is 0 Å². The van der Waals surface area contributed by atoms with Gasteiger partial charge in [-0.1, -0.05) is 12.8 Å². The van der Waals surface area contributed by atoms with Crippen LogP contribution in [-0.2, 0) is 26.0 Å². The molecule has 25 heavy (non-hydrogen) atoms. The molecule has 0 unspecified atom stereocenters. The summed E-state index contributed by atoms with van der Waals surface area (Å²) < 4.78 is 33.5. The molecule has 2 fully saturated rings. The van der Waals surface area contributed by atoms with Crippen molar-refractivity contribution in [2.45, 2.75) is 62.0 Å². The second-order valence-electron chi connectivity index (χ2n) is 7.13. The molecule has 1 aromatic rings. The van der Waals surface area contributed by atoms with E-state index in [4.69, 9.17) is 4.74 Å². The molecule has 1 N–H and O–H groups in total. The Labute approximate surface area is 148 Å². The van der Waals surface area contributed by atoms with E-state index < -0.39 is 10.0 Å². The number of amides is 1. The number of benzene rings is 1. The van der Waals surface area contributed by atoms with Crippen LogP contribution in [-0.4, -0.2) is 39.6 Å². The standard InChI is InChI=1S/C18H24N2O4S/c21-18(17-6-3-11-24-17)20-10-9-13-12-15(7-8-16(13)20)25(22,23)19-14-4-1-2-5-14/h7-8,12,14,17,19H,1-6,9-11H2/t17-/m0/s1. The molecule has 0 radical (unpaired) electrons. The van der Waals surface area contributed by atoms with Crippen LogP contribution in [0.5, 0.6) is 0 Å². The van der Waals surface area contributed by atoms with E-state index in [0.717, 1.165) is 49.8 Å². The highest BCUT2D eigenvalue weighted by Gasteiger charge is 2.33. The van der Waals surface area contributed by atoms with Crippen LogP contribution in [0.2, 0.25) is 0 Å². The monoisotopic (exact) mass is 364 g/mol. The first-order chi connectivity index (χ1) is 12.0. The van der Waals surface area contributed by atoms with Crippen molar-refractivity contribution in [1.82, 2.24) is 4.72 Å². The van der Waals surface area contributed by atoms with Gasteiger partial charge in [0, 0.05) is 24.9 Å². The van der Waals surface area contributed by atoms with Crippen molar-refractivity contribution in [3.05, 3.63) is 23.8 Å². The van der Waals surface area contributed by atoms with Crippen LogP contribution in [0.15, 0.2) is 23.1 Å². The number of fused-ring (bicyclic) bond motifs is 1. The molecule has 3 aliphatic rings. The summed E-state index contributed by atoms with van der Waals surface area (Å²) in [5.74, 6) is -0.00376. The topological polar surface area (TPSA) is 75.7 Å². The minimum absolute atomic E-state index is 0.00376. The van der Waals surface area contributed by atoms with Crippen molar-refractivity contribution in [1.29, 1.82) is 0 Å². The first kappa shape index (κ1) is 17.0. The van der Waals surface area contributed by atoms with E-state index in [1.807, 2.05) is 0 Å². The summed E-state index contributed by atoms with van der Waals surface area (Å²) in [4.78, 5) is 14.6. The van der Waals surface area contributed by atoms with Gasteiger partial charge in [0.1, 0.15) is 6.10 Å². The fourth-order valence-corrected chi connectivity index (χ4v) is 5.41. The molecule has 2 aliphatic heterocycles. The van der Waals surface area contributed by atoms with Crippen LogP contribution in [0.1, 0.15) is 44.1 Å². The Hall–Kier alpha value is -1.44. The highest BCUT2D eigenvalue weighted by atomic mass is 32.2. The van der Waals surface area contributed by atoms with Crippen molar-refractivity contribution >= 4 is 21.6 Å². The van der Waals surface area contributed by atoms with Gasteiger partial charge >= 0.3 is 0 Å². The molecule has 136 valence electrons. The lowest BCUT2D eigenvalue weighted by Crippen LogP contribution is -2.37. The van der Waals surface area contributed by atoms with Gasteiger partial charge < -0.3 is 9.64 Å². The van der Waals surface area contributed by atoms with E-state index in [2.05, 4.69) is 4.72 Å². The number of sulfonamides is 1. The minimum Gasteiger partial charge on any atom is -0.368 e. The number of hydrogen-bond donors (Lipinski definition) is 1. The zero-order valence-electron chi connectivity index (χ0n) is 14.2. The Morgan fingerprint density at radius 2 is 1.96 bits per heavy atom. The maximum Gasteiger partial charge on any atom is 0.256 e. The van der Waals surface area contributed by atoms with E-state index >= 15 is 0 Å². The maximum atomic E-state index is 12.6. The van der Waals surface area contributed by atoms with E-state index in [1.54, 1.807) is 23.1 Å². The van der Waals surface area contributed by atoms with Gasteiger partial charge in [0.2, 0.25) is 10.0 Å². The highest BCUT2D eigenvalue weighted by molar-refractivity contribution is 7.89. The van der Waals surface area contributed by atoms with Gasteiger partial charge in [-0.25, -0.2) is 13.1 Å². The molecule has 0 spiro atoms. The number of ether oxygens (including phenoxy) is 1.